The van der Waals surface area contributed by atoms with Crippen LogP contribution < -0.4 is 10.1 Å². The van der Waals surface area contributed by atoms with Gasteiger partial charge in [0.05, 0.1) is 20.3 Å². The monoisotopic (exact) mass is 295 g/mol. The van der Waals surface area contributed by atoms with Crippen LogP contribution in [0.2, 0.25) is 0 Å². The largest absolute Gasteiger partial charge is 0.497 e. The first kappa shape index (κ1) is 17.5. The number of nitrogens with one attached hydrogen (secondary N) is 1. The van der Waals surface area contributed by atoms with E-state index in [0.29, 0.717) is 18.1 Å². The summed E-state index contributed by atoms with van der Waals surface area (Å²) in [4.78, 5) is 11.7. The Morgan fingerprint density at radius 3 is 2.62 bits per heavy atom. The minimum absolute atomic E-state index is 0.277. The highest BCUT2D eigenvalue weighted by atomic mass is 16.5. The van der Waals surface area contributed by atoms with E-state index in [2.05, 4.69) is 5.32 Å². The van der Waals surface area contributed by atoms with Crippen molar-refractivity contribution in [2.24, 2.45) is 5.92 Å². The molecule has 0 radical (unpaired) electrons. The van der Waals surface area contributed by atoms with Crippen LogP contribution in [0.3, 0.4) is 0 Å². The second-order valence-electron chi connectivity index (χ2n) is 5.41. The summed E-state index contributed by atoms with van der Waals surface area (Å²) in [6.07, 6.45) is -0.0447. The summed E-state index contributed by atoms with van der Waals surface area (Å²) in [5, 5.41) is 13.3. The van der Waals surface area contributed by atoms with Crippen molar-refractivity contribution in [3.63, 3.8) is 0 Å². The minimum atomic E-state index is -0.709. The van der Waals surface area contributed by atoms with Gasteiger partial charge in [0.25, 0.3) is 0 Å². The lowest BCUT2D eigenvalue weighted by molar-refractivity contribution is -0.143. The van der Waals surface area contributed by atoms with Gasteiger partial charge in [-0.2, -0.15) is 0 Å². The Kier molecular flexibility index (Phi) is 7.19. The normalized spacial score (nSPS) is 13.8. The Morgan fingerprint density at radius 1 is 1.33 bits per heavy atom. The van der Waals surface area contributed by atoms with Gasteiger partial charge in [0.2, 0.25) is 0 Å². The van der Waals surface area contributed by atoms with E-state index >= 15 is 0 Å². The molecule has 0 bridgehead atoms. The van der Waals surface area contributed by atoms with E-state index in [1.165, 1.54) is 7.11 Å². The molecule has 0 aliphatic heterocycles. The van der Waals surface area contributed by atoms with Gasteiger partial charge < -0.3 is 19.9 Å². The quantitative estimate of drug-likeness (QED) is 0.717. The molecule has 0 saturated heterocycles. The zero-order valence-electron chi connectivity index (χ0n) is 13.1. The number of methoxy groups -OCH3 is 2. The molecule has 0 aliphatic carbocycles. The van der Waals surface area contributed by atoms with Crippen LogP contribution in [0.1, 0.15) is 31.9 Å². The lowest BCUT2D eigenvalue weighted by Crippen LogP contribution is -2.40. The highest BCUT2D eigenvalue weighted by Gasteiger charge is 2.21. The van der Waals surface area contributed by atoms with Crippen molar-refractivity contribution in [3.05, 3.63) is 29.8 Å². The van der Waals surface area contributed by atoms with Crippen LogP contribution in [0.25, 0.3) is 0 Å². The number of ether oxygens (including phenoxy) is 2. The van der Waals surface area contributed by atoms with Crippen molar-refractivity contribution in [3.8, 4) is 5.75 Å². The highest BCUT2D eigenvalue weighted by molar-refractivity contribution is 5.75. The van der Waals surface area contributed by atoms with Crippen LogP contribution in [0.4, 0.5) is 0 Å². The fourth-order valence-electron chi connectivity index (χ4n) is 2.10. The standard InChI is InChI=1S/C16H25NO4/c1-11(2)8-14(16(19)21-4)17-10-15(18)12-6-5-7-13(9-12)20-3/h5-7,9,11,14-15,17-18H,8,10H2,1-4H3. The topological polar surface area (TPSA) is 67.8 Å². The van der Waals surface area contributed by atoms with Gasteiger partial charge in [-0.15, -0.1) is 0 Å². The molecule has 1 aromatic rings. The van der Waals surface area contributed by atoms with Crippen LogP contribution in [-0.2, 0) is 9.53 Å². The number of aliphatic hydroxyl groups excluding tert-OH is 1. The minimum Gasteiger partial charge on any atom is -0.497 e. The average Bonchev–Trinajstić information content (AvgIpc) is 2.49. The summed E-state index contributed by atoms with van der Waals surface area (Å²) in [5.74, 6) is 0.746. The van der Waals surface area contributed by atoms with Crippen molar-refractivity contribution >= 4 is 5.97 Å². The van der Waals surface area contributed by atoms with Crippen molar-refractivity contribution < 1.29 is 19.4 Å². The highest BCUT2D eigenvalue weighted by Crippen LogP contribution is 2.19. The van der Waals surface area contributed by atoms with Crippen LogP contribution in [0.15, 0.2) is 24.3 Å². The third-order valence-electron chi connectivity index (χ3n) is 3.23. The molecule has 2 unspecified atom stereocenters. The third kappa shape index (κ3) is 5.73. The summed E-state index contributed by atoms with van der Waals surface area (Å²) in [6.45, 7) is 4.35. The molecule has 0 saturated carbocycles. The molecule has 5 nitrogen and oxygen atoms in total. The molecule has 0 aliphatic rings. The predicted octanol–water partition coefficient (Wildman–Crippen LogP) is 1.91. The van der Waals surface area contributed by atoms with E-state index in [-0.39, 0.29) is 12.5 Å². The second kappa shape index (κ2) is 8.64. The summed E-state index contributed by atoms with van der Waals surface area (Å²) in [5.41, 5.74) is 0.745. The smallest absolute Gasteiger partial charge is 0.322 e. The molecule has 1 rings (SSSR count). The summed E-state index contributed by atoms with van der Waals surface area (Å²) < 4.78 is 9.92. The Bertz CT molecular complexity index is 448. The van der Waals surface area contributed by atoms with E-state index in [1.54, 1.807) is 13.2 Å². The Balaban J connectivity index is 2.63. The van der Waals surface area contributed by atoms with E-state index in [1.807, 2.05) is 32.0 Å². The fraction of sp³-hybridized carbons (Fsp3) is 0.562. The molecule has 0 heterocycles. The first-order valence-corrected chi connectivity index (χ1v) is 7.11. The molecule has 118 valence electrons. The first-order valence-electron chi connectivity index (χ1n) is 7.11. The molecule has 0 aromatic heterocycles. The first-order chi connectivity index (χ1) is 9.97. The Hall–Kier alpha value is -1.59. The van der Waals surface area contributed by atoms with E-state index in [4.69, 9.17) is 9.47 Å². The number of rotatable bonds is 8. The van der Waals surface area contributed by atoms with Crippen molar-refractivity contribution in [1.29, 1.82) is 0 Å². The molecular weight excluding hydrogens is 270 g/mol. The number of hydrogen-bond acceptors (Lipinski definition) is 5. The maximum Gasteiger partial charge on any atom is 0.322 e. The molecule has 1 aromatic carbocycles. The second-order valence-corrected chi connectivity index (χ2v) is 5.41. The maximum atomic E-state index is 11.7. The molecule has 0 fully saturated rings. The third-order valence-corrected chi connectivity index (χ3v) is 3.23. The van der Waals surface area contributed by atoms with Gasteiger partial charge in [-0.1, -0.05) is 26.0 Å². The number of benzene rings is 1. The van der Waals surface area contributed by atoms with Gasteiger partial charge in [0.15, 0.2) is 0 Å². The summed E-state index contributed by atoms with van der Waals surface area (Å²) in [6, 6.07) is 6.84. The molecule has 0 spiro atoms. The molecular formula is C16H25NO4. The van der Waals surface area contributed by atoms with E-state index < -0.39 is 12.1 Å². The fourth-order valence-corrected chi connectivity index (χ4v) is 2.10. The lowest BCUT2D eigenvalue weighted by Gasteiger charge is -2.20. The Morgan fingerprint density at radius 2 is 2.05 bits per heavy atom. The van der Waals surface area contributed by atoms with Gasteiger partial charge >= 0.3 is 5.97 Å². The SMILES string of the molecule is COC(=O)C(CC(C)C)NCC(O)c1cccc(OC)c1. The van der Waals surface area contributed by atoms with E-state index in [0.717, 1.165) is 5.56 Å². The van der Waals surface area contributed by atoms with Gasteiger partial charge in [-0.25, -0.2) is 0 Å². The molecule has 2 N–H and O–H groups in total. The van der Waals surface area contributed by atoms with Crippen molar-refractivity contribution in [2.45, 2.75) is 32.4 Å². The van der Waals surface area contributed by atoms with Gasteiger partial charge in [0.1, 0.15) is 11.8 Å². The molecule has 2 atom stereocenters. The van der Waals surface area contributed by atoms with Gasteiger partial charge in [0, 0.05) is 6.54 Å². The van der Waals surface area contributed by atoms with Crippen LogP contribution in [-0.4, -0.2) is 37.9 Å². The van der Waals surface area contributed by atoms with Crippen molar-refractivity contribution in [1.82, 2.24) is 5.32 Å². The molecule has 5 heteroatoms. The van der Waals surface area contributed by atoms with Crippen LogP contribution >= 0.6 is 0 Å². The molecule has 21 heavy (non-hydrogen) atoms. The zero-order valence-corrected chi connectivity index (χ0v) is 13.1. The van der Waals surface area contributed by atoms with Crippen LogP contribution in [0, 0.1) is 5.92 Å². The average molecular weight is 295 g/mol. The Labute approximate surface area is 126 Å². The summed E-state index contributed by atoms with van der Waals surface area (Å²) >= 11 is 0. The van der Waals surface area contributed by atoms with E-state index in [9.17, 15) is 9.90 Å². The van der Waals surface area contributed by atoms with Crippen LogP contribution in [0.5, 0.6) is 5.75 Å². The maximum absolute atomic E-state index is 11.7. The predicted molar refractivity (Wildman–Crippen MR) is 81.2 cm³/mol. The number of carbonyl (C=O) groups excluding carboxylic acids is 1. The number of hydrogen-bond donors (Lipinski definition) is 2. The number of aliphatic hydroxyl groups is 1. The number of esters is 1. The van der Waals surface area contributed by atoms with Gasteiger partial charge in [-0.3, -0.25) is 4.79 Å². The zero-order chi connectivity index (χ0) is 15.8. The number of carbonyl (C=O) groups is 1. The van der Waals surface area contributed by atoms with Crippen molar-refractivity contribution in [2.75, 3.05) is 20.8 Å². The lowest BCUT2D eigenvalue weighted by atomic mass is 10.0. The molecule has 0 amide bonds. The van der Waals surface area contributed by atoms with Gasteiger partial charge in [-0.05, 0) is 30.0 Å². The summed E-state index contributed by atoms with van der Waals surface area (Å²) in [7, 11) is 2.95.